The van der Waals surface area contributed by atoms with Gasteiger partial charge in [-0.3, -0.25) is 4.55 Å². The molecular weight excluding hydrogens is 424 g/mol. The van der Waals surface area contributed by atoms with Crippen molar-refractivity contribution in [2.75, 3.05) is 0 Å². The highest BCUT2D eigenvalue weighted by atomic mass is 32.2. The minimum atomic E-state index is -4.28. The van der Waals surface area contributed by atoms with Crippen LogP contribution in [0.1, 0.15) is 89.5 Å². The molecule has 0 fully saturated rings. The van der Waals surface area contributed by atoms with Crippen LogP contribution in [0.5, 0.6) is 17.2 Å². The summed E-state index contributed by atoms with van der Waals surface area (Å²) < 4.78 is 38.4. The zero-order chi connectivity index (χ0) is 23.2. The summed E-state index contributed by atoms with van der Waals surface area (Å²) in [5.41, 5.74) is 0.704. The van der Waals surface area contributed by atoms with Gasteiger partial charge in [-0.1, -0.05) is 89.7 Å². The number of phenols is 1. The third-order valence-electron chi connectivity index (χ3n) is 5.71. The van der Waals surface area contributed by atoms with Crippen molar-refractivity contribution in [3.8, 4) is 17.2 Å². The molecule has 0 aromatic heterocycles. The van der Waals surface area contributed by atoms with E-state index in [0.29, 0.717) is 23.5 Å². The lowest BCUT2D eigenvalue weighted by molar-refractivity contribution is 0.408. The van der Waals surface area contributed by atoms with Crippen molar-refractivity contribution < 1.29 is 22.8 Å². The molecule has 0 amide bonds. The van der Waals surface area contributed by atoms with Gasteiger partial charge < -0.3 is 9.84 Å². The highest BCUT2D eigenvalue weighted by molar-refractivity contribution is 7.85. The maximum atomic E-state index is 11.6. The minimum absolute atomic E-state index is 0.0164. The Morgan fingerprint density at radius 1 is 0.750 bits per heavy atom. The molecule has 178 valence electrons. The van der Waals surface area contributed by atoms with Gasteiger partial charge in [-0.15, -0.1) is 0 Å². The number of ether oxygens (including phenoxy) is 1. The number of phenolic OH excluding ortho intramolecular Hbond substituents is 1. The average Bonchev–Trinajstić information content (AvgIpc) is 2.76. The summed E-state index contributed by atoms with van der Waals surface area (Å²) in [5, 5.41) is 9.97. The van der Waals surface area contributed by atoms with Gasteiger partial charge in [0.1, 0.15) is 5.75 Å². The summed E-state index contributed by atoms with van der Waals surface area (Å²) in [4.78, 5) is -0.143. The molecule has 2 N–H and O–H groups in total. The summed E-state index contributed by atoms with van der Waals surface area (Å²) in [7, 11) is -4.28. The number of rotatable bonds is 16. The van der Waals surface area contributed by atoms with E-state index in [-0.39, 0.29) is 10.6 Å². The standard InChI is InChI=1S/C26H38O5S/c1-2-3-4-5-6-7-8-9-10-11-12-13-16-22-21-23(32(28,29)30)19-20-25(22)31-26-18-15-14-17-24(26)27/h14-15,17-21,27H,2-13,16H2,1H3,(H,28,29,30). The predicted molar refractivity (Wildman–Crippen MR) is 129 cm³/mol. The van der Waals surface area contributed by atoms with Gasteiger partial charge >= 0.3 is 0 Å². The SMILES string of the molecule is CCCCCCCCCCCCCCc1cc(S(=O)(=O)O)ccc1Oc1ccccc1O. The number of hydrogen-bond donors (Lipinski definition) is 2. The van der Waals surface area contributed by atoms with Crippen molar-refractivity contribution in [3.05, 3.63) is 48.0 Å². The Balaban J connectivity index is 1.81. The maximum Gasteiger partial charge on any atom is 0.294 e. The Hall–Kier alpha value is -2.05. The van der Waals surface area contributed by atoms with Gasteiger partial charge in [-0.05, 0) is 48.7 Å². The van der Waals surface area contributed by atoms with Crippen LogP contribution < -0.4 is 4.74 Å². The van der Waals surface area contributed by atoms with Crippen LogP contribution in [0.2, 0.25) is 0 Å². The van der Waals surface area contributed by atoms with E-state index in [2.05, 4.69) is 6.92 Å². The van der Waals surface area contributed by atoms with Crippen LogP contribution in [0, 0.1) is 0 Å². The van der Waals surface area contributed by atoms with E-state index in [0.717, 1.165) is 19.3 Å². The summed E-state index contributed by atoms with van der Waals surface area (Å²) in [6.45, 7) is 2.24. The predicted octanol–water partition coefficient (Wildman–Crippen LogP) is 7.67. The van der Waals surface area contributed by atoms with Crippen molar-refractivity contribution in [1.29, 1.82) is 0 Å². The Morgan fingerprint density at radius 2 is 1.31 bits per heavy atom. The minimum Gasteiger partial charge on any atom is -0.504 e. The van der Waals surface area contributed by atoms with Gasteiger partial charge in [-0.25, -0.2) is 0 Å². The van der Waals surface area contributed by atoms with Crippen LogP contribution in [-0.2, 0) is 16.5 Å². The van der Waals surface area contributed by atoms with Crippen molar-refractivity contribution in [3.63, 3.8) is 0 Å². The number of benzene rings is 2. The normalized spacial score (nSPS) is 11.6. The molecule has 5 nitrogen and oxygen atoms in total. The first-order valence-corrected chi connectivity index (χ1v) is 13.4. The van der Waals surface area contributed by atoms with Gasteiger partial charge in [0.05, 0.1) is 4.90 Å². The second kappa shape index (κ2) is 14.2. The molecule has 0 atom stereocenters. The van der Waals surface area contributed by atoms with Crippen LogP contribution in [0.15, 0.2) is 47.4 Å². The van der Waals surface area contributed by atoms with Gasteiger partial charge in [-0.2, -0.15) is 8.42 Å². The highest BCUT2D eigenvalue weighted by Gasteiger charge is 2.15. The van der Waals surface area contributed by atoms with Crippen molar-refractivity contribution in [2.24, 2.45) is 0 Å². The molecule has 0 aliphatic carbocycles. The Kier molecular flexibility index (Phi) is 11.6. The molecule has 2 rings (SSSR count). The van der Waals surface area contributed by atoms with Crippen LogP contribution in [0.25, 0.3) is 0 Å². The van der Waals surface area contributed by atoms with E-state index < -0.39 is 10.1 Å². The fourth-order valence-corrected chi connectivity index (χ4v) is 4.36. The zero-order valence-electron chi connectivity index (χ0n) is 19.3. The van der Waals surface area contributed by atoms with Crippen LogP contribution in [0.4, 0.5) is 0 Å². The van der Waals surface area contributed by atoms with Gasteiger partial charge in [0.25, 0.3) is 10.1 Å². The first kappa shape index (κ1) is 26.2. The van der Waals surface area contributed by atoms with Crippen molar-refractivity contribution in [2.45, 2.75) is 95.3 Å². The van der Waals surface area contributed by atoms with Crippen LogP contribution in [-0.4, -0.2) is 18.1 Å². The van der Waals surface area contributed by atoms with Crippen LogP contribution >= 0.6 is 0 Å². The smallest absolute Gasteiger partial charge is 0.294 e. The molecule has 2 aromatic carbocycles. The molecule has 0 saturated heterocycles. The van der Waals surface area contributed by atoms with E-state index in [9.17, 15) is 18.1 Å². The Morgan fingerprint density at radius 3 is 1.88 bits per heavy atom. The first-order valence-electron chi connectivity index (χ1n) is 12.0. The van der Waals surface area contributed by atoms with Crippen molar-refractivity contribution in [1.82, 2.24) is 0 Å². The topological polar surface area (TPSA) is 83.8 Å². The molecule has 2 aromatic rings. The average molecular weight is 463 g/mol. The van der Waals surface area contributed by atoms with Gasteiger partial charge in [0.2, 0.25) is 0 Å². The fraction of sp³-hybridized carbons (Fsp3) is 0.538. The molecular formula is C26H38O5S. The van der Waals surface area contributed by atoms with E-state index in [1.54, 1.807) is 18.2 Å². The molecule has 0 aliphatic heterocycles. The zero-order valence-corrected chi connectivity index (χ0v) is 20.1. The Bertz CT molecular complexity index is 908. The summed E-state index contributed by atoms with van der Waals surface area (Å²) in [6.07, 6.45) is 15.6. The number of hydrogen-bond acceptors (Lipinski definition) is 4. The number of aryl methyl sites for hydroxylation is 1. The molecule has 32 heavy (non-hydrogen) atoms. The Labute approximate surface area is 193 Å². The number of unbranched alkanes of at least 4 members (excludes halogenated alkanes) is 11. The summed E-state index contributed by atoms with van der Waals surface area (Å²) >= 11 is 0. The third kappa shape index (κ3) is 9.61. The molecule has 0 aliphatic rings. The summed E-state index contributed by atoms with van der Waals surface area (Å²) in [6, 6.07) is 11.0. The van der Waals surface area contributed by atoms with E-state index in [1.165, 1.54) is 82.1 Å². The van der Waals surface area contributed by atoms with E-state index in [1.807, 2.05) is 0 Å². The molecule has 0 saturated carbocycles. The first-order chi connectivity index (χ1) is 15.4. The molecule has 6 heteroatoms. The molecule has 0 bridgehead atoms. The molecule has 0 heterocycles. The van der Waals surface area contributed by atoms with Gasteiger partial charge in [0.15, 0.2) is 11.5 Å². The van der Waals surface area contributed by atoms with Gasteiger partial charge in [0, 0.05) is 0 Å². The lowest BCUT2D eigenvalue weighted by Gasteiger charge is -2.13. The maximum absolute atomic E-state index is 11.6. The van der Waals surface area contributed by atoms with Crippen molar-refractivity contribution >= 4 is 10.1 Å². The lowest BCUT2D eigenvalue weighted by Crippen LogP contribution is -2.01. The number of para-hydroxylation sites is 2. The molecule has 0 radical (unpaired) electrons. The fourth-order valence-electron chi connectivity index (χ4n) is 3.83. The quantitative estimate of drug-likeness (QED) is 0.197. The highest BCUT2D eigenvalue weighted by Crippen LogP contribution is 2.33. The third-order valence-corrected chi connectivity index (χ3v) is 6.56. The second-order valence-electron chi connectivity index (χ2n) is 8.45. The van der Waals surface area contributed by atoms with Crippen LogP contribution in [0.3, 0.4) is 0 Å². The molecule has 0 unspecified atom stereocenters. The van der Waals surface area contributed by atoms with E-state index >= 15 is 0 Å². The second-order valence-corrected chi connectivity index (χ2v) is 9.88. The molecule has 0 spiro atoms. The monoisotopic (exact) mass is 462 g/mol. The van der Waals surface area contributed by atoms with E-state index in [4.69, 9.17) is 4.74 Å². The largest absolute Gasteiger partial charge is 0.504 e. The summed E-state index contributed by atoms with van der Waals surface area (Å²) in [5.74, 6) is 0.813. The lowest BCUT2D eigenvalue weighted by atomic mass is 10.0. The number of aromatic hydroxyl groups is 1.